The SMILES string of the molecule is CC(C)(C)OC(=O)N1CCC(OS(=O)C(F)(F)F)=CS1(C)F. The van der Waals surface area contributed by atoms with Crippen LogP contribution in [0.3, 0.4) is 0 Å². The number of hydrogen-bond acceptors (Lipinski definition) is 4. The van der Waals surface area contributed by atoms with Gasteiger partial charge in [0.05, 0.1) is 0 Å². The molecule has 130 valence electrons. The van der Waals surface area contributed by atoms with Gasteiger partial charge >= 0.3 is 22.7 Å². The summed E-state index contributed by atoms with van der Waals surface area (Å²) in [5.74, 6) is -0.393. The fourth-order valence-electron chi connectivity index (χ4n) is 1.51. The van der Waals surface area contributed by atoms with Crippen LogP contribution in [-0.2, 0) is 20.0 Å². The lowest BCUT2D eigenvalue weighted by Crippen LogP contribution is -2.39. The lowest BCUT2D eigenvalue weighted by Gasteiger charge is -2.40. The Morgan fingerprint density at radius 3 is 2.32 bits per heavy atom. The van der Waals surface area contributed by atoms with E-state index in [-0.39, 0.29) is 13.0 Å². The minimum Gasteiger partial charge on any atom is -0.443 e. The molecule has 0 saturated heterocycles. The third-order valence-electron chi connectivity index (χ3n) is 2.31. The fourth-order valence-corrected chi connectivity index (χ4v) is 3.54. The zero-order chi connectivity index (χ0) is 17.3. The van der Waals surface area contributed by atoms with E-state index in [2.05, 4.69) is 4.18 Å². The minimum atomic E-state index is -5.05. The Kier molecular flexibility index (Phi) is 5.43. The molecule has 0 bridgehead atoms. The summed E-state index contributed by atoms with van der Waals surface area (Å²) in [5.41, 5.74) is -5.88. The molecule has 0 aromatic rings. The molecule has 0 aliphatic carbocycles. The van der Waals surface area contributed by atoms with Crippen LogP contribution in [0.4, 0.5) is 21.9 Å². The molecule has 1 amide bonds. The first kappa shape index (κ1) is 19.1. The highest BCUT2D eigenvalue weighted by Crippen LogP contribution is 2.55. The van der Waals surface area contributed by atoms with Crippen LogP contribution >= 0.6 is 10.6 Å². The maximum atomic E-state index is 14.5. The van der Waals surface area contributed by atoms with Gasteiger partial charge in [0.1, 0.15) is 11.4 Å². The first-order valence-corrected chi connectivity index (χ1v) is 9.12. The smallest absolute Gasteiger partial charge is 0.443 e. The van der Waals surface area contributed by atoms with Crippen molar-refractivity contribution in [3.63, 3.8) is 0 Å². The summed E-state index contributed by atoms with van der Waals surface area (Å²) >= 11 is -3.56. The number of carbonyl (C=O) groups is 1. The van der Waals surface area contributed by atoms with Crippen LogP contribution < -0.4 is 0 Å². The van der Waals surface area contributed by atoms with Crippen molar-refractivity contribution >= 4 is 27.8 Å². The Morgan fingerprint density at radius 2 is 1.91 bits per heavy atom. The van der Waals surface area contributed by atoms with E-state index < -0.39 is 44.6 Å². The molecule has 0 fully saturated rings. The normalized spacial score (nSPS) is 27.5. The third-order valence-corrected chi connectivity index (χ3v) is 4.94. The van der Waals surface area contributed by atoms with Crippen molar-refractivity contribution < 1.29 is 35.0 Å². The Bertz CT molecular complexity index is 499. The summed E-state index contributed by atoms with van der Waals surface area (Å²) in [4.78, 5) is 11.9. The highest BCUT2D eigenvalue weighted by atomic mass is 32.3. The lowest BCUT2D eigenvalue weighted by molar-refractivity contribution is -0.0457. The topological polar surface area (TPSA) is 55.8 Å². The predicted molar refractivity (Wildman–Crippen MR) is 75.5 cm³/mol. The predicted octanol–water partition coefficient (Wildman–Crippen LogP) is 3.90. The molecule has 0 aromatic heterocycles. The van der Waals surface area contributed by atoms with E-state index in [1.807, 2.05) is 0 Å². The summed E-state index contributed by atoms with van der Waals surface area (Å²) < 4.78 is 72.0. The van der Waals surface area contributed by atoms with E-state index in [0.29, 0.717) is 0 Å². The van der Waals surface area contributed by atoms with E-state index >= 15 is 0 Å². The van der Waals surface area contributed by atoms with E-state index in [1.54, 1.807) is 20.8 Å². The van der Waals surface area contributed by atoms with Crippen LogP contribution in [0.5, 0.6) is 0 Å². The van der Waals surface area contributed by atoms with E-state index in [9.17, 15) is 26.1 Å². The Morgan fingerprint density at radius 1 is 1.36 bits per heavy atom. The van der Waals surface area contributed by atoms with Gasteiger partial charge in [0.15, 0.2) is 0 Å². The van der Waals surface area contributed by atoms with Gasteiger partial charge in [-0.25, -0.2) is 13.3 Å². The second kappa shape index (κ2) is 6.26. The molecule has 1 aliphatic rings. The van der Waals surface area contributed by atoms with Crippen molar-refractivity contribution in [1.29, 1.82) is 0 Å². The molecule has 0 N–H and O–H groups in total. The fraction of sp³-hybridized carbons (Fsp3) is 0.727. The zero-order valence-electron chi connectivity index (χ0n) is 12.4. The second-order valence-corrected chi connectivity index (χ2v) is 8.96. The van der Waals surface area contributed by atoms with Gasteiger partial charge in [0, 0.05) is 35.2 Å². The molecule has 0 radical (unpaired) electrons. The summed E-state index contributed by atoms with van der Waals surface area (Å²) in [7, 11) is -3.37. The average Bonchev–Trinajstić information content (AvgIpc) is 2.23. The van der Waals surface area contributed by atoms with Gasteiger partial charge in [-0.3, -0.25) is 0 Å². The molecule has 1 heterocycles. The minimum absolute atomic E-state index is 0.187. The van der Waals surface area contributed by atoms with Gasteiger partial charge in [-0.15, -0.1) is 0 Å². The van der Waals surface area contributed by atoms with Crippen LogP contribution in [0.1, 0.15) is 27.2 Å². The van der Waals surface area contributed by atoms with E-state index in [0.717, 1.165) is 16.0 Å². The zero-order valence-corrected chi connectivity index (χ0v) is 14.0. The maximum absolute atomic E-state index is 14.5. The largest absolute Gasteiger partial charge is 0.508 e. The van der Waals surface area contributed by atoms with Crippen molar-refractivity contribution in [2.75, 3.05) is 12.8 Å². The maximum Gasteiger partial charge on any atom is 0.508 e. The van der Waals surface area contributed by atoms with Crippen molar-refractivity contribution in [3.8, 4) is 0 Å². The standard InChI is InChI=1S/C11H17F4NO4S2/c1-10(2,3)19-9(17)16-6-5-8(7-22(16,4)15)20-21(18)11(12,13)14/h7H,5-6H2,1-4H3. The molecule has 5 nitrogen and oxygen atoms in total. The third kappa shape index (κ3) is 5.34. The van der Waals surface area contributed by atoms with Crippen LogP contribution in [0.25, 0.3) is 0 Å². The molecular formula is C11H17F4NO4S2. The highest BCUT2D eigenvalue weighted by Gasteiger charge is 2.42. The van der Waals surface area contributed by atoms with Crippen LogP contribution in [0, 0.1) is 0 Å². The highest BCUT2D eigenvalue weighted by molar-refractivity contribution is 8.29. The lowest BCUT2D eigenvalue weighted by atomic mass is 10.2. The monoisotopic (exact) mass is 367 g/mol. The van der Waals surface area contributed by atoms with Crippen LogP contribution in [0.15, 0.2) is 11.2 Å². The van der Waals surface area contributed by atoms with Crippen molar-refractivity contribution in [2.24, 2.45) is 0 Å². The number of nitrogens with zero attached hydrogens (tertiary/aromatic N) is 1. The Hall–Kier alpha value is -0.970. The molecule has 1 aliphatic heterocycles. The molecule has 11 heteroatoms. The molecule has 0 spiro atoms. The number of alkyl halides is 3. The number of hydrogen-bond donors (Lipinski definition) is 0. The summed E-state index contributed by atoms with van der Waals surface area (Å²) in [6.45, 7) is 4.60. The van der Waals surface area contributed by atoms with Crippen molar-refractivity contribution in [1.82, 2.24) is 4.31 Å². The number of amides is 1. The summed E-state index contributed by atoms with van der Waals surface area (Å²) in [6, 6.07) is 0. The van der Waals surface area contributed by atoms with Crippen molar-refractivity contribution in [3.05, 3.63) is 11.2 Å². The molecule has 2 atom stereocenters. The van der Waals surface area contributed by atoms with Crippen LogP contribution in [0.2, 0.25) is 0 Å². The quantitative estimate of drug-likeness (QED) is 0.695. The van der Waals surface area contributed by atoms with E-state index in [4.69, 9.17) is 4.74 Å². The number of ether oxygens (including phenoxy) is 1. The number of halogens is 4. The summed E-state index contributed by atoms with van der Waals surface area (Å²) in [6.07, 6.45) is -0.0384. The van der Waals surface area contributed by atoms with Crippen molar-refractivity contribution in [2.45, 2.75) is 38.3 Å². The number of carbonyl (C=O) groups excluding carboxylic acids is 1. The van der Waals surface area contributed by atoms with Gasteiger partial charge in [0.25, 0.3) is 0 Å². The number of rotatable bonds is 2. The van der Waals surface area contributed by atoms with Gasteiger partial charge < -0.3 is 8.92 Å². The molecule has 1 rings (SSSR count). The molecule has 22 heavy (non-hydrogen) atoms. The van der Waals surface area contributed by atoms with Gasteiger partial charge in [-0.1, -0.05) is 0 Å². The molecule has 0 aromatic carbocycles. The Balaban J connectivity index is 2.84. The molecule has 2 unspecified atom stereocenters. The Labute approximate surface area is 130 Å². The first-order valence-electron chi connectivity index (χ1n) is 6.08. The average molecular weight is 367 g/mol. The second-order valence-electron chi connectivity index (χ2n) is 5.52. The molecule has 0 saturated carbocycles. The van der Waals surface area contributed by atoms with Gasteiger partial charge in [-0.05, 0) is 20.8 Å². The first-order chi connectivity index (χ1) is 9.72. The van der Waals surface area contributed by atoms with Crippen LogP contribution in [-0.4, -0.2) is 38.5 Å². The van der Waals surface area contributed by atoms with Gasteiger partial charge in [-0.2, -0.15) is 17.1 Å². The van der Waals surface area contributed by atoms with E-state index in [1.165, 1.54) is 0 Å². The van der Waals surface area contributed by atoms with Gasteiger partial charge in [0.2, 0.25) is 0 Å². The summed E-state index contributed by atoms with van der Waals surface area (Å²) in [5, 5.41) is 0.768. The molecular weight excluding hydrogens is 350 g/mol.